The second-order valence-electron chi connectivity index (χ2n) is 3.91. The Hall–Kier alpha value is -1.68. The Labute approximate surface area is 94.6 Å². The third-order valence-corrected chi connectivity index (χ3v) is 2.40. The third kappa shape index (κ3) is 2.90. The number of hydrogen-bond donors (Lipinski definition) is 1. The van der Waals surface area contributed by atoms with Crippen molar-refractivity contribution >= 4 is 0 Å². The molecule has 0 amide bonds. The lowest BCUT2D eigenvalue weighted by molar-refractivity contribution is 0.174. The Bertz CT molecular complexity index is 439. The van der Waals surface area contributed by atoms with Gasteiger partial charge in [0, 0.05) is 38.0 Å². The lowest BCUT2D eigenvalue weighted by atomic mass is 10.1. The van der Waals surface area contributed by atoms with Crippen molar-refractivity contribution in [3.8, 4) is 0 Å². The van der Waals surface area contributed by atoms with E-state index in [4.69, 9.17) is 0 Å². The summed E-state index contributed by atoms with van der Waals surface area (Å²) in [6.07, 6.45) is 6.23. The predicted octanol–water partition coefficient (Wildman–Crippen LogP) is 0.961. The van der Waals surface area contributed by atoms with E-state index in [1.807, 2.05) is 31.4 Å². The van der Waals surface area contributed by atoms with Crippen molar-refractivity contribution in [2.45, 2.75) is 18.9 Å². The first-order chi connectivity index (χ1) is 7.74. The van der Waals surface area contributed by atoms with E-state index in [-0.39, 0.29) is 0 Å². The lowest BCUT2D eigenvalue weighted by Crippen LogP contribution is -2.14. The molecule has 0 bridgehead atoms. The number of aromatic nitrogens is 3. The monoisotopic (exact) mass is 217 g/mol. The highest BCUT2D eigenvalue weighted by Crippen LogP contribution is 2.06. The minimum absolute atomic E-state index is 0.404. The molecule has 2 aromatic heterocycles. The van der Waals surface area contributed by atoms with Crippen LogP contribution in [-0.4, -0.2) is 26.0 Å². The van der Waals surface area contributed by atoms with Crippen molar-refractivity contribution < 1.29 is 5.11 Å². The summed E-state index contributed by atoms with van der Waals surface area (Å²) in [5, 5.41) is 14.0. The van der Waals surface area contributed by atoms with Gasteiger partial charge in [0.15, 0.2) is 0 Å². The van der Waals surface area contributed by atoms with E-state index in [9.17, 15) is 5.11 Å². The number of pyridine rings is 1. The molecule has 2 rings (SSSR count). The van der Waals surface area contributed by atoms with Gasteiger partial charge in [-0.15, -0.1) is 0 Å². The molecule has 84 valence electrons. The summed E-state index contributed by atoms with van der Waals surface area (Å²) in [6, 6.07) is 5.72. The quantitative estimate of drug-likeness (QED) is 0.830. The van der Waals surface area contributed by atoms with Crippen molar-refractivity contribution in [1.82, 2.24) is 14.8 Å². The molecule has 0 aliphatic heterocycles. The van der Waals surface area contributed by atoms with Crippen LogP contribution in [0.1, 0.15) is 11.3 Å². The molecule has 1 atom stereocenters. The summed E-state index contributed by atoms with van der Waals surface area (Å²) >= 11 is 0. The van der Waals surface area contributed by atoms with Crippen LogP contribution in [0.4, 0.5) is 0 Å². The Kier molecular flexibility index (Phi) is 3.31. The summed E-state index contributed by atoms with van der Waals surface area (Å²) in [5.74, 6) is 0. The van der Waals surface area contributed by atoms with Crippen LogP contribution in [-0.2, 0) is 19.9 Å². The van der Waals surface area contributed by atoms with Crippen molar-refractivity contribution in [2.24, 2.45) is 7.05 Å². The number of aliphatic hydroxyl groups excluding tert-OH is 1. The molecule has 2 aromatic rings. The average Bonchev–Trinajstić information content (AvgIpc) is 2.65. The van der Waals surface area contributed by atoms with E-state index in [2.05, 4.69) is 10.1 Å². The molecule has 2 heterocycles. The van der Waals surface area contributed by atoms with Gasteiger partial charge >= 0.3 is 0 Å². The van der Waals surface area contributed by atoms with E-state index in [1.54, 1.807) is 17.1 Å². The maximum atomic E-state index is 9.89. The fraction of sp³-hybridized carbons (Fsp3) is 0.333. The first-order valence-corrected chi connectivity index (χ1v) is 5.29. The average molecular weight is 217 g/mol. The molecule has 0 saturated heterocycles. The van der Waals surface area contributed by atoms with Crippen molar-refractivity contribution in [2.75, 3.05) is 0 Å². The second-order valence-corrected chi connectivity index (χ2v) is 3.91. The van der Waals surface area contributed by atoms with Gasteiger partial charge in [0.25, 0.3) is 0 Å². The van der Waals surface area contributed by atoms with Gasteiger partial charge in [-0.2, -0.15) is 5.10 Å². The molecule has 0 fully saturated rings. The zero-order valence-corrected chi connectivity index (χ0v) is 9.24. The largest absolute Gasteiger partial charge is 0.392 e. The van der Waals surface area contributed by atoms with E-state index in [0.717, 1.165) is 11.3 Å². The van der Waals surface area contributed by atoms with Crippen LogP contribution in [0, 0.1) is 0 Å². The summed E-state index contributed by atoms with van der Waals surface area (Å²) in [4.78, 5) is 4.18. The Morgan fingerprint density at radius 3 is 2.88 bits per heavy atom. The van der Waals surface area contributed by atoms with Crippen LogP contribution in [0.25, 0.3) is 0 Å². The molecule has 4 heteroatoms. The number of hydrogen-bond acceptors (Lipinski definition) is 3. The lowest BCUT2D eigenvalue weighted by Gasteiger charge is -2.08. The van der Waals surface area contributed by atoms with Crippen molar-refractivity contribution in [3.63, 3.8) is 0 Å². The van der Waals surface area contributed by atoms with Crippen LogP contribution < -0.4 is 0 Å². The van der Waals surface area contributed by atoms with Crippen LogP contribution in [0.2, 0.25) is 0 Å². The van der Waals surface area contributed by atoms with Crippen LogP contribution in [0.5, 0.6) is 0 Å². The van der Waals surface area contributed by atoms with Gasteiger partial charge in [-0.25, -0.2) is 0 Å². The minimum Gasteiger partial charge on any atom is -0.392 e. The number of aliphatic hydroxyl groups is 1. The second kappa shape index (κ2) is 4.90. The van der Waals surface area contributed by atoms with Gasteiger partial charge in [-0.05, 0) is 17.7 Å². The fourth-order valence-electron chi connectivity index (χ4n) is 1.68. The van der Waals surface area contributed by atoms with Crippen LogP contribution >= 0.6 is 0 Å². The highest BCUT2D eigenvalue weighted by atomic mass is 16.3. The van der Waals surface area contributed by atoms with E-state index in [0.29, 0.717) is 12.8 Å². The zero-order valence-electron chi connectivity index (χ0n) is 9.24. The highest BCUT2D eigenvalue weighted by Gasteiger charge is 2.08. The maximum Gasteiger partial charge on any atom is 0.0637 e. The van der Waals surface area contributed by atoms with Gasteiger partial charge < -0.3 is 5.11 Å². The smallest absolute Gasteiger partial charge is 0.0637 e. The zero-order chi connectivity index (χ0) is 11.4. The molecule has 1 N–H and O–H groups in total. The fourth-order valence-corrected chi connectivity index (χ4v) is 1.68. The normalized spacial score (nSPS) is 12.6. The summed E-state index contributed by atoms with van der Waals surface area (Å²) < 4.78 is 1.74. The molecule has 4 nitrogen and oxygen atoms in total. The first kappa shape index (κ1) is 10.8. The van der Waals surface area contributed by atoms with E-state index >= 15 is 0 Å². The summed E-state index contributed by atoms with van der Waals surface area (Å²) in [5.41, 5.74) is 1.96. The first-order valence-electron chi connectivity index (χ1n) is 5.29. The molecule has 0 spiro atoms. The van der Waals surface area contributed by atoms with Gasteiger partial charge in [-0.1, -0.05) is 6.07 Å². The summed E-state index contributed by atoms with van der Waals surface area (Å²) in [7, 11) is 1.87. The number of nitrogens with zero attached hydrogens (tertiary/aromatic N) is 3. The highest BCUT2D eigenvalue weighted by molar-refractivity contribution is 5.09. The Balaban J connectivity index is 1.92. The predicted molar refractivity (Wildman–Crippen MR) is 60.9 cm³/mol. The SMILES string of the molecule is Cn1cc(CC(O)Cc2ccccn2)cn1. The number of rotatable bonds is 4. The topological polar surface area (TPSA) is 50.9 Å². The minimum atomic E-state index is -0.404. The standard InChI is InChI=1S/C12H15N3O/c1-15-9-10(8-14-15)6-12(16)7-11-4-2-3-5-13-11/h2-5,8-9,12,16H,6-7H2,1H3. The Morgan fingerprint density at radius 2 is 2.25 bits per heavy atom. The molecule has 0 aromatic carbocycles. The Morgan fingerprint density at radius 1 is 1.38 bits per heavy atom. The van der Waals surface area contributed by atoms with Gasteiger partial charge in [0.05, 0.1) is 12.3 Å². The molecular formula is C12H15N3O. The maximum absolute atomic E-state index is 9.89. The molecular weight excluding hydrogens is 202 g/mol. The molecule has 0 aliphatic carbocycles. The van der Waals surface area contributed by atoms with Crippen LogP contribution in [0.3, 0.4) is 0 Å². The van der Waals surface area contributed by atoms with E-state index < -0.39 is 6.10 Å². The molecule has 0 aliphatic rings. The van der Waals surface area contributed by atoms with Crippen molar-refractivity contribution in [3.05, 3.63) is 48.0 Å². The third-order valence-electron chi connectivity index (χ3n) is 2.40. The molecule has 1 unspecified atom stereocenters. The van der Waals surface area contributed by atoms with Crippen LogP contribution in [0.15, 0.2) is 36.8 Å². The number of aryl methyl sites for hydroxylation is 1. The van der Waals surface area contributed by atoms with Gasteiger partial charge in [-0.3, -0.25) is 9.67 Å². The van der Waals surface area contributed by atoms with Crippen molar-refractivity contribution in [1.29, 1.82) is 0 Å². The van der Waals surface area contributed by atoms with Gasteiger partial charge in [0.2, 0.25) is 0 Å². The van der Waals surface area contributed by atoms with Gasteiger partial charge in [0.1, 0.15) is 0 Å². The van der Waals surface area contributed by atoms with E-state index in [1.165, 1.54) is 0 Å². The molecule has 0 radical (unpaired) electrons. The molecule has 0 saturated carbocycles. The summed E-state index contributed by atoms with van der Waals surface area (Å²) in [6.45, 7) is 0. The molecule has 16 heavy (non-hydrogen) atoms.